The molecule has 2 N–H and O–H groups in total. The fourth-order valence-corrected chi connectivity index (χ4v) is 4.10. The van der Waals surface area contributed by atoms with Crippen LogP contribution in [0.1, 0.15) is 34.6 Å². The normalized spacial score (nSPS) is 12.1. The van der Waals surface area contributed by atoms with E-state index >= 15 is 0 Å². The van der Waals surface area contributed by atoms with Crippen LogP contribution in [-0.2, 0) is 10.0 Å². The minimum Gasteiger partial charge on any atom is -0.495 e. The molecule has 8 heteroatoms. The topological polar surface area (TPSA) is 97.4 Å². The Morgan fingerprint density at radius 1 is 1.07 bits per heavy atom. The molecule has 1 aromatic heterocycles. The van der Waals surface area contributed by atoms with Gasteiger partial charge in [0.25, 0.3) is 15.9 Å². The molecule has 0 radical (unpaired) electrons. The molecule has 0 spiro atoms. The number of ether oxygens (including phenoxy) is 1. The number of carbonyl (C=O) groups excluding carboxylic acids is 1. The van der Waals surface area contributed by atoms with Crippen molar-refractivity contribution in [3.63, 3.8) is 0 Å². The number of carbonyl (C=O) groups is 1. The zero-order valence-electron chi connectivity index (χ0n) is 16.9. The number of aryl methyl sites for hydroxylation is 1. The van der Waals surface area contributed by atoms with Gasteiger partial charge in [-0.25, -0.2) is 8.42 Å². The first-order valence-corrected chi connectivity index (χ1v) is 10.8. The Morgan fingerprint density at radius 2 is 1.80 bits per heavy atom. The summed E-state index contributed by atoms with van der Waals surface area (Å²) in [6, 6.07) is 16.3. The minimum atomic E-state index is -3.97. The van der Waals surface area contributed by atoms with Crippen LogP contribution in [0.25, 0.3) is 0 Å². The van der Waals surface area contributed by atoms with Gasteiger partial charge in [-0.3, -0.25) is 14.5 Å². The van der Waals surface area contributed by atoms with Gasteiger partial charge in [0.05, 0.1) is 18.8 Å². The highest BCUT2D eigenvalue weighted by atomic mass is 32.2. The molecule has 1 heterocycles. The number of hydrogen-bond acceptors (Lipinski definition) is 5. The maximum atomic E-state index is 13.0. The summed E-state index contributed by atoms with van der Waals surface area (Å²) in [6.07, 6.45) is 1.65. The van der Waals surface area contributed by atoms with Crippen LogP contribution in [0.2, 0.25) is 0 Å². The molecule has 2 aromatic carbocycles. The molecular weight excluding hydrogens is 402 g/mol. The van der Waals surface area contributed by atoms with Crippen molar-refractivity contribution >= 4 is 21.6 Å². The monoisotopic (exact) mass is 425 g/mol. The fraction of sp³-hybridized carbons (Fsp3) is 0.182. The third-order valence-corrected chi connectivity index (χ3v) is 5.90. The molecule has 1 unspecified atom stereocenters. The van der Waals surface area contributed by atoms with Crippen LogP contribution in [0.5, 0.6) is 5.75 Å². The summed E-state index contributed by atoms with van der Waals surface area (Å²) >= 11 is 0. The van der Waals surface area contributed by atoms with Crippen LogP contribution in [0.3, 0.4) is 0 Å². The van der Waals surface area contributed by atoms with E-state index in [1.807, 2.05) is 13.0 Å². The van der Waals surface area contributed by atoms with Crippen molar-refractivity contribution in [2.45, 2.75) is 24.8 Å². The number of hydrogen-bond donors (Lipinski definition) is 2. The van der Waals surface area contributed by atoms with Gasteiger partial charge < -0.3 is 10.1 Å². The van der Waals surface area contributed by atoms with E-state index in [0.29, 0.717) is 11.4 Å². The van der Waals surface area contributed by atoms with E-state index in [4.69, 9.17) is 4.74 Å². The average molecular weight is 426 g/mol. The third kappa shape index (κ3) is 4.96. The van der Waals surface area contributed by atoms with E-state index < -0.39 is 15.9 Å². The lowest BCUT2D eigenvalue weighted by Gasteiger charge is -2.15. The number of pyridine rings is 1. The van der Waals surface area contributed by atoms with E-state index in [1.54, 1.807) is 49.5 Å². The third-order valence-electron chi connectivity index (χ3n) is 4.50. The van der Waals surface area contributed by atoms with Crippen molar-refractivity contribution in [3.8, 4) is 5.75 Å². The molecule has 3 rings (SSSR count). The zero-order valence-corrected chi connectivity index (χ0v) is 17.7. The first-order valence-electron chi connectivity index (χ1n) is 9.29. The van der Waals surface area contributed by atoms with Crippen LogP contribution < -0.4 is 14.8 Å². The smallest absolute Gasteiger partial charge is 0.265 e. The first kappa shape index (κ1) is 21.3. The predicted molar refractivity (Wildman–Crippen MR) is 115 cm³/mol. The Morgan fingerprint density at radius 3 is 2.43 bits per heavy atom. The second kappa shape index (κ2) is 8.96. The molecule has 3 aromatic rings. The molecular formula is C22H23N3O4S. The summed E-state index contributed by atoms with van der Waals surface area (Å²) in [4.78, 5) is 16.8. The van der Waals surface area contributed by atoms with E-state index in [9.17, 15) is 13.2 Å². The number of amides is 1. The molecule has 1 amide bonds. The predicted octanol–water partition coefficient (Wildman–Crippen LogP) is 3.69. The van der Waals surface area contributed by atoms with E-state index in [2.05, 4.69) is 15.0 Å². The van der Waals surface area contributed by atoms with Gasteiger partial charge in [0.2, 0.25) is 0 Å². The van der Waals surface area contributed by atoms with Gasteiger partial charge in [0, 0.05) is 17.4 Å². The lowest BCUT2D eigenvalue weighted by Crippen LogP contribution is -2.27. The molecule has 0 bridgehead atoms. The van der Waals surface area contributed by atoms with Crippen LogP contribution in [-0.4, -0.2) is 26.4 Å². The molecule has 0 aliphatic carbocycles. The Hall–Kier alpha value is -3.39. The number of benzene rings is 2. The van der Waals surface area contributed by atoms with Gasteiger partial charge in [0.1, 0.15) is 10.6 Å². The molecule has 7 nitrogen and oxygen atoms in total. The average Bonchev–Trinajstić information content (AvgIpc) is 2.75. The maximum Gasteiger partial charge on any atom is 0.265 e. The summed E-state index contributed by atoms with van der Waals surface area (Å²) in [6.45, 7) is 3.72. The summed E-state index contributed by atoms with van der Waals surface area (Å²) in [5.41, 5.74) is 2.33. The molecule has 0 fully saturated rings. The van der Waals surface area contributed by atoms with E-state index in [-0.39, 0.29) is 22.3 Å². The minimum absolute atomic E-state index is 0.122. The number of methoxy groups -OCH3 is 1. The summed E-state index contributed by atoms with van der Waals surface area (Å²) in [5, 5.41) is 2.83. The van der Waals surface area contributed by atoms with Crippen LogP contribution in [0.15, 0.2) is 71.8 Å². The summed E-state index contributed by atoms with van der Waals surface area (Å²) in [5.74, 6) is -0.272. The van der Waals surface area contributed by atoms with Crippen LogP contribution in [0, 0.1) is 6.92 Å². The van der Waals surface area contributed by atoms with Gasteiger partial charge in [-0.2, -0.15) is 0 Å². The number of rotatable bonds is 7. The van der Waals surface area contributed by atoms with Gasteiger partial charge in [-0.05, 0) is 56.3 Å². The Kier molecular flexibility index (Phi) is 6.37. The fourth-order valence-electron chi connectivity index (χ4n) is 2.85. The molecule has 0 saturated carbocycles. The molecule has 0 saturated heterocycles. The highest BCUT2D eigenvalue weighted by Crippen LogP contribution is 2.27. The zero-order chi connectivity index (χ0) is 21.7. The Labute approximate surface area is 176 Å². The molecule has 156 valence electrons. The molecule has 30 heavy (non-hydrogen) atoms. The van der Waals surface area contributed by atoms with Gasteiger partial charge >= 0.3 is 0 Å². The van der Waals surface area contributed by atoms with Crippen LogP contribution in [0.4, 0.5) is 5.69 Å². The summed E-state index contributed by atoms with van der Waals surface area (Å²) < 4.78 is 33.6. The van der Waals surface area contributed by atoms with Crippen molar-refractivity contribution in [1.29, 1.82) is 0 Å². The SMILES string of the molecule is COc1ccc(C(=O)NC(C)c2ccccn2)cc1S(=O)(=O)Nc1ccc(C)cc1. The van der Waals surface area contributed by atoms with Crippen molar-refractivity contribution in [3.05, 3.63) is 83.7 Å². The Balaban J connectivity index is 1.87. The molecule has 1 atom stereocenters. The van der Waals surface area contributed by atoms with Crippen molar-refractivity contribution in [1.82, 2.24) is 10.3 Å². The van der Waals surface area contributed by atoms with Crippen molar-refractivity contribution < 1.29 is 17.9 Å². The lowest BCUT2D eigenvalue weighted by molar-refractivity contribution is 0.0939. The van der Waals surface area contributed by atoms with Crippen molar-refractivity contribution in [2.24, 2.45) is 0 Å². The molecule has 0 aliphatic heterocycles. The number of nitrogens with zero attached hydrogens (tertiary/aromatic N) is 1. The van der Waals surface area contributed by atoms with E-state index in [0.717, 1.165) is 5.56 Å². The quantitative estimate of drug-likeness (QED) is 0.602. The second-order valence-electron chi connectivity index (χ2n) is 6.79. The van der Waals surface area contributed by atoms with Crippen LogP contribution >= 0.6 is 0 Å². The first-order chi connectivity index (χ1) is 14.3. The highest BCUT2D eigenvalue weighted by Gasteiger charge is 2.22. The van der Waals surface area contributed by atoms with E-state index in [1.165, 1.54) is 25.3 Å². The second-order valence-corrected chi connectivity index (χ2v) is 8.44. The highest BCUT2D eigenvalue weighted by molar-refractivity contribution is 7.92. The number of aromatic nitrogens is 1. The molecule has 0 aliphatic rings. The number of sulfonamides is 1. The lowest BCUT2D eigenvalue weighted by atomic mass is 10.1. The standard InChI is InChI=1S/C22H23N3O4S/c1-15-7-10-18(11-8-15)25-30(27,28)21-14-17(9-12-20(21)29-3)22(26)24-16(2)19-6-4-5-13-23-19/h4-14,16,25H,1-3H3,(H,24,26). The van der Waals surface area contributed by atoms with Gasteiger partial charge in [-0.15, -0.1) is 0 Å². The van der Waals surface area contributed by atoms with Crippen molar-refractivity contribution in [2.75, 3.05) is 11.8 Å². The number of nitrogens with one attached hydrogen (secondary N) is 2. The van der Waals surface area contributed by atoms with Gasteiger partial charge in [0.15, 0.2) is 0 Å². The number of anilines is 1. The Bertz CT molecular complexity index is 1130. The maximum absolute atomic E-state index is 13.0. The largest absolute Gasteiger partial charge is 0.495 e. The summed E-state index contributed by atoms with van der Waals surface area (Å²) in [7, 11) is -2.59. The van der Waals surface area contributed by atoms with Gasteiger partial charge in [-0.1, -0.05) is 23.8 Å².